The van der Waals surface area contributed by atoms with E-state index in [9.17, 15) is 4.79 Å². The van der Waals surface area contributed by atoms with Crippen LogP contribution in [0.5, 0.6) is 0 Å². The van der Waals surface area contributed by atoms with E-state index in [4.69, 9.17) is 4.74 Å². The summed E-state index contributed by atoms with van der Waals surface area (Å²) in [6.07, 6.45) is 0. The number of nitrogens with zero attached hydrogens (tertiary/aromatic N) is 1. The molecule has 110 valence electrons. The molecule has 0 aromatic heterocycles. The number of rotatable bonds is 4. The topological polar surface area (TPSA) is 29.5 Å². The van der Waals surface area contributed by atoms with Crippen molar-refractivity contribution in [3.8, 4) is 0 Å². The second-order valence-corrected chi connectivity index (χ2v) is 5.74. The molecule has 3 rings (SSSR count). The Hall–Kier alpha value is -1.71. The fourth-order valence-corrected chi connectivity index (χ4v) is 2.88. The van der Waals surface area contributed by atoms with Gasteiger partial charge in [-0.15, -0.1) is 0 Å². The summed E-state index contributed by atoms with van der Waals surface area (Å²) in [7, 11) is 0. The number of ketones is 1. The fraction of sp³-hybridized carbons (Fsp3) is 0.389. The van der Waals surface area contributed by atoms with Gasteiger partial charge in [-0.2, -0.15) is 0 Å². The van der Waals surface area contributed by atoms with Gasteiger partial charge in [-0.1, -0.05) is 43.3 Å². The summed E-state index contributed by atoms with van der Waals surface area (Å²) in [6, 6.07) is 14.1. The monoisotopic (exact) mass is 283 g/mol. The molecule has 21 heavy (non-hydrogen) atoms. The third-order valence-corrected chi connectivity index (χ3v) is 4.12. The summed E-state index contributed by atoms with van der Waals surface area (Å²) in [5, 5.41) is 2.30. The van der Waals surface area contributed by atoms with Gasteiger partial charge in [0, 0.05) is 31.1 Å². The molecule has 2 aromatic rings. The van der Waals surface area contributed by atoms with E-state index in [0.717, 1.165) is 43.8 Å². The van der Waals surface area contributed by atoms with Crippen molar-refractivity contribution in [2.75, 3.05) is 32.8 Å². The molecule has 3 nitrogen and oxygen atoms in total. The van der Waals surface area contributed by atoms with Gasteiger partial charge in [-0.25, -0.2) is 0 Å². The summed E-state index contributed by atoms with van der Waals surface area (Å²) in [5.41, 5.74) is 0.814. The summed E-state index contributed by atoms with van der Waals surface area (Å²) in [6.45, 7) is 6.24. The van der Waals surface area contributed by atoms with Gasteiger partial charge in [0.15, 0.2) is 5.78 Å². The molecule has 0 bridgehead atoms. The van der Waals surface area contributed by atoms with Gasteiger partial charge >= 0.3 is 0 Å². The maximum absolute atomic E-state index is 12.6. The standard InChI is InChI=1S/C18H21NO2/c1-14(13-19-8-10-21-11-9-19)18(20)17-7-6-15-4-2-3-5-16(15)12-17/h2-7,12,14H,8-11,13H2,1H3. The first kappa shape index (κ1) is 14.2. The van der Waals surface area contributed by atoms with Crippen molar-refractivity contribution in [2.24, 2.45) is 5.92 Å². The highest BCUT2D eigenvalue weighted by atomic mass is 16.5. The van der Waals surface area contributed by atoms with Gasteiger partial charge in [-0.05, 0) is 16.8 Å². The van der Waals surface area contributed by atoms with Crippen LogP contribution in [0.15, 0.2) is 42.5 Å². The summed E-state index contributed by atoms with van der Waals surface area (Å²) in [4.78, 5) is 14.9. The zero-order valence-corrected chi connectivity index (χ0v) is 12.4. The molecule has 0 amide bonds. The third kappa shape index (κ3) is 3.31. The number of ether oxygens (including phenoxy) is 1. The molecule has 0 saturated carbocycles. The Bertz CT molecular complexity index is 632. The number of hydrogen-bond donors (Lipinski definition) is 0. The maximum atomic E-state index is 12.6. The van der Waals surface area contributed by atoms with Crippen LogP contribution in [-0.2, 0) is 4.74 Å². The van der Waals surface area contributed by atoms with Crippen LogP contribution in [0.2, 0.25) is 0 Å². The number of carbonyl (C=O) groups excluding carboxylic acids is 1. The Morgan fingerprint density at radius 1 is 1.14 bits per heavy atom. The van der Waals surface area contributed by atoms with Gasteiger partial charge in [-0.3, -0.25) is 9.69 Å². The molecule has 3 heteroatoms. The number of Topliss-reactive ketones (excluding diaryl/α,β-unsaturated/α-hetero) is 1. The van der Waals surface area contributed by atoms with Crippen molar-refractivity contribution in [2.45, 2.75) is 6.92 Å². The first-order valence-corrected chi connectivity index (χ1v) is 7.57. The first-order valence-electron chi connectivity index (χ1n) is 7.57. The van der Waals surface area contributed by atoms with E-state index in [1.165, 1.54) is 5.39 Å². The maximum Gasteiger partial charge on any atom is 0.166 e. The van der Waals surface area contributed by atoms with Crippen LogP contribution in [0.25, 0.3) is 10.8 Å². The van der Waals surface area contributed by atoms with Gasteiger partial charge in [0.1, 0.15) is 0 Å². The summed E-state index contributed by atoms with van der Waals surface area (Å²) in [5.74, 6) is 0.247. The van der Waals surface area contributed by atoms with Crippen molar-refractivity contribution in [1.82, 2.24) is 4.90 Å². The largest absolute Gasteiger partial charge is 0.379 e. The van der Waals surface area contributed by atoms with E-state index < -0.39 is 0 Å². The van der Waals surface area contributed by atoms with Crippen LogP contribution >= 0.6 is 0 Å². The second-order valence-electron chi connectivity index (χ2n) is 5.74. The Balaban J connectivity index is 1.72. The molecule has 1 aliphatic heterocycles. The summed E-state index contributed by atoms with van der Waals surface area (Å²) >= 11 is 0. The minimum absolute atomic E-state index is 0.0178. The first-order chi connectivity index (χ1) is 10.2. The predicted octanol–water partition coefficient (Wildman–Crippen LogP) is 2.99. The minimum atomic E-state index is 0.0178. The minimum Gasteiger partial charge on any atom is -0.379 e. The van der Waals surface area contributed by atoms with Crippen molar-refractivity contribution in [3.63, 3.8) is 0 Å². The van der Waals surface area contributed by atoms with E-state index in [1.807, 2.05) is 37.3 Å². The highest BCUT2D eigenvalue weighted by Crippen LogP contribution is 2.18. The molecular formula is C18H21NO2. The zero-order chi connectivity index (χ0) is 14.7. The number of hydrogen-bond acceptors (Lipinski definition) is 3. The molecule has 1 aliphatic rings. The van der Waals surface area contributed by atoms with E-state index >= 15 is 0 Å². The Morgan fingerprint density at radius 2 is 1.86 bits per heavy atom. The van der Waals surface area contributed by atoms with Crippen molar-refractivity contribution in [3.05, 3.63) is 48.0 Å². The van der Waals surface area contributed by atoms with Crippen LogP contribution in [0, 0.1) is 5.92 Å². The lowest BCUT2D eigenvalue weighted by atomic mass is 9.96. The van der Waals surface area contributed by atoms with Gasteiger partial charge in [0.25, 0.3) is 0 Å². The molecule has 0 spiro atoms. The molecule has 1 saturated heterocycles. The molecule has 0 aliphatic carbocycles. The summed E-state index contributed by atoms with van der Waals surface area (Å²) < 4.78 is 5.35. The van der Waals surface area contributed by atoms with Crippen molar-refractivity contribution < 1.29 is 9.53 Å². The number of morpholine rings is 1. The van der Waals surface area contributed by atoms with Gasteiger partial charge in [0.05, 0.1) is 13.2 Å². The quantitative estimate of drug-likeness (QED) is 0.808. The van der Waals surface area contributed by atoms with E-state index in [2.05, 4.69) is 17.0 Å². The van der Waals surface area contributed by atoms with Crippen molar-refractivity contribution in [1.29, 1.82) is 0 Å². The lowest BCUT2D eigenvalue weighted by molar-refractivity contribution is 0.0313. The molecular weight excluding hydrogens is 262 g/mol. The number of benzene rings is 2. The average Bonchev–Trinajstić information content (AvgIpc) is 2.54. The van der Waals surface area contributed by atoms with Crippen molar-refractivity contribution >= 4 is 16.6 Å². The predicted molar refractivity (Wildman–Crippen MR) is 84.7 cm³/mol. The van der Waals surface area contributed by atoms with Crippen LogP contribution in [0.3, 0.4) is 0 Å². The van der Waals surface area contributed by atoms with Crippen LogP contribution in [0.1, 0.15) is 17.3 Å². The Kier molecular flexibility index (Phi) is 4.32. The molecule has 1 unspecified atom stereocenters. The van der Waals surface area contributed by atoms with Gasteiger partial charge < -0.3 is 4.74 Å². The zero-order valence-electron chi connectivity index (χ0n) is 12.4. The molecule has 0 radical (unpaired) electrons. The smallest absolute Gasteiger partial charge is 0.166 e. The molecule has 2 aromatic carbocycles. The molecule has 1 atom stereocenters. The number of fused-ring (bicyclic) bond motifs is 1. The van der Waals surface area contributed by atoms with Crippen LogP contribution < -0.4 is 0 Å². The fourth-order valence-electron chi connectivity index (χ4n) is 2.88. The Morgan fingerprint density at radius 3 is 2.62 bits per heavy atom. The van der Waals surface area contributed by atoms with E-state index in [1.54, 1.807) is 0 Å². The van der Waals surface area contributed by atoms with Crippen LogP contribution in [0.4, 0.5) is 0 Å². The normalized spacial score (nSPS) is 17.8. The lowest BCUT2D eigenvalue weighted by Crippen LogP contribution is -2.40. The Labute approximate surface area is 125 Å². The molecule has 0 N–H and O–H groups in total. The lowest BCUT2D eigenvalue weighted by Gasteiger charge is -2.28. The number of carbonyl (C=O) groups is 1. The molecule has 1 heterocycles. The highest BCUT2D eigenvalue weighted by Gasteiger charge is 2.20. The average molecular weight is 283 g/mol. The van der Waals surface area contributed by atoms with E-state index in [-0.39, 0.29) is 11.7 Å². The van der Waals surface area contributed by atoms with Crippen LogP contribution in [-0.4, -0.2) is 43.5 Å². The SMILES string of the molecule is CC(CN1CCOCC1)C(=O)c1ccc2ccccc2c1. The highest BCUT2D eigenvalue weighted by molar-refractivity contribution is 6.01. The molecule has 1 fully saturated rings. The second kappa shape index (κ2) is 6.37. The third-order valence-electron chi connectivity index (χ3n) is 4.12. The van der Waals surface area contributed by atoms with E-state index in [0.29, 0.717) is 0 Å². The van der Waals surface area contributed by atoms with Gasteiger partial charge in [0.2, 0.25) is 0 Å².